The average Bonchev–Trinajstić information content (AvgIpc) is 2.76. The Kier molecular flexibility index (Phi) is 15.6. The van der Waals surface area contributed by atoms with Crippen LogP contribution in [0.2, 0.25) is 0 Å². The molecular weight excluding hydrogens is 402 g/mol. The van der Waals surface area contributed by atoms with Crippen LogP contribution in [0.1, 0.15) is 32.1 Å². The molecule has 1 aromatic rings. The summed E-state index contributed by atoms with van der Waals surface area (Å²) in [7, 11) is 0. The maximum absolute atomic E-state index is 11.8. The SMILES string of the molecule is C#CCOCCOCCNCCCCNCCCCC(=O)Oc1ccc([N+](=O)[O-])cc1. The Labute approximate surface area is 184 Å². The topological polar surface area (TPSA) is 112 Å². The van der Waals surface area contributed by atoms with Gasteiger partial charge in [0.25, 0.3) is 5.69 Å². The first-order chi connectivity index (χ1) is 15.1. The second-order valence-corrected chi connectivity index (χ2v) is 6.76. The zero-order valence-corrected chi connectivity index (χ0v) is 18.0. The summed E-state index contributed by atoms with van der Waals surface area (Å²) in [5.74, 6) is 2.40. The van der Waals surface area contributed by atoms with E-state index in [9.17, 15) is 14.9 Å². The molecule has 0 radical (unpaired) electrons. The quantitative estimate of drug-likeness (QED) is 0.0850. The molecule has 1 aromatic carbocycles. The number of nitro groups is 1. The van der Waals surface area contributed by atoms with Gasteiger partial charge in [0.15, 0.2) is 0 Å². The second kappa shape index (κ2) is 18.3. The first kappa shape index (κ1) is 26.5. The molecule has 9 nitrogen and oxygen atoms in total. The van der Waals surface area contributed by atoms with Gasteiger partial charge in [-0.05, 0) is 57.5 Å². The number of benzene rings is 1. The van der Waals surface area contributed by atoms with Gasteiger partial charge in [-0.3, -0.25) is 14.9 Å². The summed E-state index contributed by atoms with van der Waals surface area (Å²) in [6.07, 6.45) is 9.17. The lowest BCUT2D eigenvalue weighted by Crippen LogP contribution is -2.23. The van der Waals surface area contributed by atoms with E-state index < -0.39 is 4.92 Å². The Balaban J connectivity index is 1.84. The average molecular weight is 436 g/mol. The van der Waals surface area contributed by atoms with Crippen molar-refractivity contribution in [3.63, 3.8) is 0 Å². The van der Waals surface area contributed by atoms with Crippen molar-refractivity contribution in [2.75, 3.05) is 52.6 Å². The molecule has 0 aliphatic heterocycles. The zero-order chi connectivity index (χ0) is 22.6. The molecule has 0 bridgehead atoms. The van der Waals surface area contributed by atoms with E-state index in [1.54, 1.807) is 0 Å². The van der Waals surface area contributed by atoms with Crippen molar-refractivity contribution >= 4 is 11.7 Å². The van der Waals surface area contributed by atoms with Gasteiger partial charge in [0.1, 0.15) is 12.4 Å². The Bertz CT molecular complexity index is 660. The van der Waals surface area contributed by atoms with Crippen LogP contribution in [-0.2, 0) is 14.3 Å². The number of unbranched alkanes of at least 4 members (excludes halogenated alkanes) is 2. The minimum Gasteiger partial charge on any atom is -0.427 e. The fourth-order valence-corrected chi connectivity index (χ4v) is 2.58. The van der Waals surface area contributed by atoms with E-state index in [0.717, 1.165) is 51.9 Å². The van der Waals surface area contributed by atoms with Crippen molar-refractivity contribution in [3.05, 3.63) is 34.4 Å². The fraction of sp³-hybridized carbons (Fsp3) is 0.591. The molecule has 0 aromatic heterocycles. The molecule has 0 unspecified atom stereocenters. The summed E-state index contributed by atoms with van der Waals surface area (Å²) < 4.78 is 15.7. The molecule has 0 spiro atoms. The van der Waals surface area contributed by atoms with E-state index in [1.807, 2.05) is 0 Å². The summed E-state index contributed by atoms with van der Waals surface area (Å²) in [5, 5.41) is 17.3. The number of carbonyl (C=O) groups excluding carboxylic acids is 1. The van der Waals surface area contributed by atoms with Crippen molar-refractivity contribution in [1.29, 1.82) is 0 Å². The number of hydrogen-bond acceptors (Lipinski definition) is 8. The number of terminal acetylenes is 1. The van der Waals surface area contributed by atoms with E-state index in [1.165, 1.54) is 24.3 Å². The normalized spacial score (nSPS) is 10.5. The number of carbonyl (C=O) groups is 1. The van der Waals surface area contributed by atoms with Crippen molar-refractivity contribution < 1.29 is 23.9 Å². The largest absolute Gasteiger partial charge is 0.427 e. The van der Waals surface area contributed by atoms with Gasteiger partial charge in [-0.2, -0.15) is 0 Å². The van der Waals surface area contributed by atoms with E-state index in [4.69, 9.17) is 20.6 Å². The Morgan fingerprint density at radius 2 is 1.55 bits per heavy atom. The van der Waals surface area contributed by atoms with Gasteiger partial charge in [-0.1, -0.05) is 5.92 Å². The standard InChI is InChI=1S/C22H33N3O6/c1-2-16-29-18-19-30-17-15-24-14-6-5-13-23-12-4-3-7-22(26)31-21-10-8-20(9-11-21)25(27)28/h1,8-11,23-24H,3-7,12-19H2. The van der Waals surface area contributed by atoms with E-state index in [0.29, 0.717) is 38.6 Å². The van der Waals surface area contributed by atoms with Crippen molar-refractivity contribution in [2.24, 2.45) is 0 Å². The summed E-state index contributed by atoms with van der Waals surface area (Å²) in [5.41, 5.74) is -0.0333. The fourth-order valence-electron chi connectivity index (χ4n) is 2.58. The summed E-state index contributed by atoms with van der Waals surface area (Å²) >= 11 is 0. The Morgan fingerprint density at radius 1 is 0.935 bits per heavy atom. The highest BCUT2D eigenvalue weighted by molar-refractivity contribution is 5.72. The first-order valence-electron chi connectivity index (χ1n) is 10.6. The van der Waals surface area contributed by atoms with Crippen LogP contribution in [0.5, 0.6) is 5.75 Å². The number of nitrogens with one attached hydrogen (secondary N) is 2. The summed E-state index contributed by atoms with van der Waals surface area (Å²) in [6, 6.07) is 5.49. The molecule has 0 saturated heterocycles. The molecule has 1 rings (SSSR count). The van der Waals surface area contributed by atoms with Crippen LogP contribution in [0.4, 0.5) is 5.69 Å². The lowest BCUT2D eigenvalue weighted by molar-refractivity contribution is -0.384. The van der Waals surface area contributed by atoms with Crippen LogP contribution in [-0.4, -0.2) is 63.5 Å². The van der Waals surface area contributed by atoms with E-state index >= 15 is 0 Å². The predicted octanol–water partition coefficient (Wildman–Crippen LogP) is 2.30. The molecule has 172 valence electrons. The van der Waals surface area contributed by atoms with E-state index in [2.05, 4.69) is 16.6 Å². The Hall–Kier alpha value is -2.51. The highest BCUT2D eigenvalue weighted by Crippen LogP contribution is 2.17. The van der Waals surface area contributed by atoms with Crippen molar-refractivity contribution in [2.45, 2.75) is 32.1 Å². The van der Waals surface area contributed by atoms with Crippen LogP contribution >= 0.6 is 0 Å². The zero-order valence-electron chi connectivity index (χ0n) is 18.0. The molecule has 0 aliphatic carbocycles. The summed E-state index contributed by atoms with van der Waals surface area (Å²) in [4.78, 5) is 21.9. The number of rotatable bonds is 19. The molecule has 31 heavy (non-hydrogen) atoms. The van der Waals surface area contributed by atoms with Crippen molar-refractivity contribution in [1.82, 2.24) is 10.6 Å². The van der Waals surface area contributed by atoms with Crippen molar-refractivity contribution in [3.8, 4) is 18.1 Å². The highest BCUT2D eigenvalue weighted by atomic mass is 16.6. The highest BCUT2D eigenvalue weighted by Gasteiger charge is 2.08. The lowest BCUT2D eigenvalue weighted by atomic mass is 10.2. The minimum absolute atomic E-state index is 0.0333. The number of nitro benzene ring substituents is 1. The van der Waals surface area contributed by atoms with Gasteiger partial charge >= 0.3 is 5.97 Å². The molecule has 0 fully saturated rings. The van der Waals surface area contributed by atoms with Crippen LogP contribution in [0, 0.1) is 22.5 Å². The number of non-ortho nitro benzene ring substituents is 1. The molecule has 0 aliphatic rings. The van der Waals surface area contributed by atoms with Gasteiger partial charge in [-0.25, -0.2) is 0 Å². The molecular formula is C22H33N3O6. The van der Waals surface area contributed by atoms with Crippen LogP contribution < -0.4 is 15.4 Å². The second-order valence-electron chi connectivity index (χ2n) is 6.76. The minimum atomic E-state index is -0.493. The number of nitrogens with zero attached hydrogens (tertiary/aromatic N) is 1. The van der Waals surface area contributed by atoms with Crippen LogP contribution in [0.25, 0.3) is 0 Å². The molecule has 0 saturated carbocycles. The van der Waals surface area contributed by atoms with Gasteiger partial charge in [-0.15, -0.1) is 6.42 Å². The predicted molar refractivity (Wildman–Crippen MR) is 118 cm³/mol. The first-order valence-corrected chi connectivity index (χ1v) is 10.6. The molecule has 0 heterocycles. The van der Waals surface area contributed by atoms with Gasteiger partial charge < -0.3 is 24.8 Å². The third-order valence-corrected chi connectivity index (χ3v) is 4.20. The van der Waals surface area contributed by atoms with Crippen LogP contribution in [0.15, 0.2) is 24.3 Å². The van der Waals surface area contributed by atoms with Crippen LogP contribution in [0.3, 0.4) is 0 Å². The maximum atomic E-state index is 11.8. The number of hydrogen-bond donors (Lipinski definition) is 2. The Morgan fingerprint density at radius 3 is 2.19 bits per heavy atom. The molecule has 0 atom stereocenters. The van der Waals surface area contributed by atoms with Gasteiger partial charge in [0.05, 0.1) is 24.7 Å². The molecule has 2 N–H and O–H groups in total. The molecule has 9 heteroatoms. The smallest absolute Gasteiger partial charge is 0.311 e. The molecule has 0 amide bonds. The third-order valence-electron chi connectivity index (χ3n) is 4.20. The van der Waals surface area contributed by atoms with E-state index in [-0.39, 0.29) is 11.7 Å². The monoisotopic (exact) mass is 435 g/mol. The number of esters is 1. The number of ether oxygens (including phenoxy) is 3. The van der Waals surface area contributed by atoms with Gasteiger partial charge in [0, 0.05) is 25.1 Å². The summed E-state index contributed by atoms with van der Waals surface area (Å²) in [6.45, 7) is 5.63. The third kappa shape index (κ3) is 15.0. The van der Waals surface area contributed by atoms with Gasteiger partial charge in [0.2, 0.25) is 0 Å². The lowest BCUT2D eigenvalue weighted by Gasteiger charge is -2.07. The maximum Gasteiger partial charge on any atom is 0.311 e.